The lowest BCUT2D eigenvalue weighted by atomic mass is 9.88. The van der Waals surface area contributed by atoms with Gasteiger partial charge in [0.1, 0.15) is 11.9 Å². The van der Waals surface area contributed by atoms with Crippen molar-refractivity contribution in [2.75, 3.05) is 5.32 Å². The summed E-state index contributed by atoms with van der Waals surface area (Å²) in [6.45, 7) is 6.07. The van der Waals surface area contributed by atoms with Crippen molar-refractivity contribution in [2.45, 2.75) is 33.2 Å². The molecular formula is C13H19FN2O. The quantitative estimate of drug-likeness (QED) is 0.846. The van der Waals surface area contributed by atoms with Gasteiger partial charge >= 0.3 is 0 Å². The largest absolute Gasteiger partial charge is 0.374 e. The third-order valence-electron chi connectivity index (χ3n) is 2.33. The van der Waals surface area contributed by atoms with Crippen LogP contribution >= 0.6 is 0 Å². The highest BCUT2D eigenvalue weighted by atomic mass is 19.1. The van der Waals surface area contributed by atoms with E-state index in [9.17, 15) is 9.18 Å². The fourth-order valence-electron chi connectivity index (χ4n) is 1.61. The maximum Gasteiger partial charge on any atom is 0.239 e. The molecule has 1 unspecified atom stereocenters. The van der Waals surface area contributed by atoms with Gasteiger partial charge in [-0.1, -0.05) is 26.8 Å². The lowest BCUT2D eigenvalue weighted by Crippen LogP contribution is -2.38. The van der Waals surface area contributed by atoms with E-state index in [0.29, 0.717) is 12.1 Å². The molecule has 94 valence electrons. The standard InChI is InChI=1S/C13H19FN2O/c1-13(2,3)8-11(12(15)17)16-10-6-4-5-9(14)7-10/h4-7,11,16H,8H2,1-3H3,(H2,15,17). The molecule has 1 aromatic rings. The minimum absolute atomic E-state index is 0.0278. The Kier molecular flexibility index (Phi) is 4.10. The Hall–Kier alpha value is -1.58. The van der Waals surface area contributed by atoms with Crippen molar-refractivity contribution in [3.8, 4) is 0 Å². The first-order valence-corrected chi connectivity index (χ1v) is 5.59. The van der Waals surface area contributed by atoms with Crippen molar-refractivity contribution >= 4 is 11.6 Å². The Morgan fingerprint density at radius 1 is 1.47 bits per heavy atom. The predicted octanol–water partition coefficient (Wildman–Crippen LogP) is 2.53. The first-order valence-electron chi connectivity index (χ1n) is 5.59. The van der Waals surface area contributed by atoms with Gasteiger partial charge in [-0.3, -0.25) is 4.79 Å². The number of amides is 1. The average molecular weight is 238 g/mol. The zero-order valence-corrected chi connectivity index (χ0v) is 10.5. The van der Waals surface area contributed by atoms with Crippen LogP contribution in [0.15, 0.2) is 24.3 Å². The SMILES string of the molecule is CC(C)(C)CC(Nc1cccc(F)c1)C(N)=O. The second-order valence-corrected chi connectivity index (χ2v) is 5.37. The van der Waals surface area contributed by atoms with Gasteiger partial charge in [-0.15, -0.1) is 0 Å². The van der Waals surface area contributed by atoms with E-state index in [0.717, 1.165) is 0 Å². The van der Waals surface area contributed by atoms with E-state index in [-0.39, 0.29) is 11.2 Å². The second-order valence-electron chi connectivity index (χ2n) is 5.37. The number of benzene rings is 1. The molecule has 0 aromatic heterocycles. The van der Waals surface area contributed by atoms with Crippen molar-refractivity contribution in [2.24, 2.45) is 11.1 Å². The van der Waals surface area contributed by atoms with E-state index >= 15 is 0 Å². The van der Waals surface area contributed by atoms with Crippen molar-refractivity contribution in [1.82, 2.24) is 0 Å². The van der Waals surface area contributed by atoms with Gasteiger partial charge in [0.05, 0.1) is 0 Å². The molecule has 1 aromatic carbocycles. The Labute approximate surface area is 101 Å². The molecule has 0 aliphatic carbocycles. The van der Waals surface area contributed by atoms with E-state index in [1.54, 1.807) is 12.1 Å². The number of nitrogens with one attached hydrogen (secondary N) is 1. The van der Waals surface area contributed by atoms with Gasteiger partial charge < -0.3 is 11.1 Å². The number of carbonyl (C=O) groups is 1. The molecule has 0 fully saturated rings. The zero-order valence-electron chi connectivity index (χ0n) is 10.5. The summed E-state index contributed by atoms with van der Waals surface area (Å²) in [7, 11) is 0. The van der Waals surface area contributed by atoms with Crippen LogP contribution in [0.3, 0.4) is 0 Å². The lowest BCUT2D eigenvalue weighted by Gasteiger charge is -2.25. The Bertz CT molecular complexity index is 399. The van der Waals surface area contributed by atoms with Crippen molar-refractivity contribution in [1.29, 1.82) is 0 Å². The fraction of sp³-hybridized carbons (Fsp3) is 0.462. The highest BCUT2D eigenvalue weighted by Gasteiger charge is 2.22. The Morgan fingerprint density at radius 3 is 2.59 bits per heavy atom. The highest BCUT2D eigenvalue weighted by molar-refractivity contribution is 5.83. The van der Waals surface area contributed by atoms with Crippen LogP contribution in [0.4, 0.5) is 10.1 Å². The lowest BCUT2D eigenvalue weighted by molar-refractivity contribution is -0.119. The smallest absolute Gasteiger partial charge is 0.239 e. The molecule has 0 saturated carbocycles. The van der Waals surface area contributed by atoms with Crippen LogP contribution in [0.5, 0.6) is 0 Å². The van der Waals surface area contributed by atoms with E-state index in [2.05, 4.69) is 5.32 Å². The van der Waals surface area contributed by atoms with Gasteiger partial charge in [0.2, 0.25) is 5.91 Å². The summed E-state index contributed by atoms with van der Waals surface area (Å²) in [6.07, 6.45) is 0.596. The summed E-state index contributed by atoms with van der Waals surface area (Å²) in [5.41, 5.74) is 5.87. The Balaban J connectivity index is 2.77. The first-order chi connectivity index (χ1) is 7.78. The molecular weight excluding hydrogens is 219 g/mol. The van der Waals surface area contributed by atoms with Crippen molar-refractivity contribution in [3.63, 3.8) is 0 Å². The normalized spacial score (nSPS) is 13.2. The van der Waals surface area contributed by atoms with Crippen molar-refractivity contribution < 1.29 is 9.18 Å². The average Bonchev–Trinajstić information content (AvgIpc) is 2.14. The van der Waals surface area contributed by atoms with Crippen LogP contribution in [-0.4, -0.2) is 11.9 Å². The molecule has 1 rings (SSSR count). The van der Waals surface area contributed by atoms with Crippen LogP contribution in [0.1, 0.15) is 27.2 Å². The monoisotopic (exact) mass is 238 g/mol. The van der Waals surface area contributed by atoms with E-state index in [4.69, 9.17) is 5.73 Å². The molecule has 1 amide bonds. The summed E-state index contributed by atoms with van der Waals surface area (Å²) < 4.78 is 13.0. The number of primary amides is 1. The topological polar surface area (TPSA) is 55.1 Å². The molecule has 0 radical (unpaired) electrons. The molecule has 17 heavy (non-hydrogen) atoms. The number of halogens is 1. The molecule has 0 spiro atoms. The third kappa shape index (κ3) is 4.85. The summed E-state index contributed by atoms with van der Waals surface area (Å²) >= 11 is 0. The van der Waals surface area contributed by atoms with Gasteiger partial charge in [-0.25, -0.2) is 4.39 Å². The molecule has 0 saturated heterocycles. The van der Waals surface area contributed by atoms with Crippen LogP contribution in [-0.2, 0) is 4.79 Å². The van der Waals surface area contributed by atoms with Crippen LogP contribution < -0.4 is 11.1 Å². The minimum atomic E-state index is -0.489. The number of carbonyl (C=O) groups excluding carboxylic acids is 1. The van der Waals surface area contributed by atoms with Gasteiger partial charge in [0, 0.05) is 5.69 Å². The van der Waals surface area contributed by atoms with Gasteiger partial charge in [-0.05, 0) is 30.0 Å². The first kappa shape index (κ1) is 13.5. The number of rotatable bonds is 4. The van der Waals surface area contributed by atoms with Gasteiger partial charge in [0.15, 0.2) is 0 Å². The van der Waals surface area contributed by atoms with Crippen molar-refractivity contribution in [3.05, 3.63) is 30.1 Å². The number of anilines is 1. The fourth-order valence-corrected chi connectivity index (χ4v) is 1.61. The van der Waals surface area contributed by atoms with Crippen LogP contribution in [0.2, 0.25) is 0 Å². The molecule has 1 atom stereocenters. The number of hydrogen-bond donors (Lipinski definition) is 2. The molecule has 0 aliphatic rings. The van der Waals surface area contributed by atoms with E-state index < -0.39 is 11.9 Å². The molecule has 0 heterocycles. The van der Waals surface area contributed by atoms with Crippen LogP contribution in [0, 0.1) is 11.2 Å². The van der Waals surface area contributed by atoms with Crippen LogP contribution in [0.25, 0.3) is 0 Å². The minimum Gasteiger partial charge on any atom is -0.374 e. The summed E-state index contributed by atoms with van der Waals surface area (Å²) in [6, 6.07) is 5.51. The number of hydrogen-bond acceptors (Lipinski definition) is 2. The zero-order chi connectivity index (χ0) is 13.1. The maximum absolute atomic E-state index is 13.0. The second kappa shape index (κ2) is 5.17. The molecule has 3 nitrogen and oxygen atoms in total. The van der Waals surface area contributed by atoms with E-state index in [1.165, 1.54) is 12.1 Å². The number of nitrogens with two attached hydrogens (primary N) is 1. The molecule has 0 bridgehead atoms. The maximum atomic E-state index is 13.0. The predicted molar refractivity (Wildman–Crippen MR) is 67.1 cm³/mol. The Morgan fingerprint density at radius 2 is 2.12 bits per heavy atom. The molecule has 0 aliphatic heterocycles. The van der Waals surface area contributed by atoms with E-state index in [1.807, 2.05) is 20.8 Å². The summed E-state index contributed by atoms with van der Waals surface area (Å²) in [4.78, 5) is 11.3. The summed E-state index contributed by atoms with van der Waals surface area (Å²) in [5, 5.41) is 2.96. The highest BCUT2D eigenvalue weighted by Crippen LogP contribution is 2.23. The molecule has 3 N–H and O–H groups in total. The molecule has 4 heteroatoms. The third-order valence-corrected chi connectivity index (χ3v) is 2.33. The van der Waals surface area contributed by atoms with Gasteiger partial charge in [0.25, 0.3) is 0 Å². The van der Waals surface area contributed by atoms with Gasteiger partial charge in [-0.2, -0.15) is 0 Å². The summed E-state index contributed by atoms with van der Waals surface area (Å²) in [5.74, 6) is -0.766.